The maximum Gasteiger partial charge on any atom is 0.343 e. The molecule has 2 aromatic heterocycles. The number of hydrogen-bond acceptors (Lipinski definition) is 5. The lowest BCUT2D eigenvalue weighted by Crippen LogP contribution is -2.33. The SMILES string of the molecule is CN(Cc1cnn(-c2ccccc2)c1)C(=O)CC1OCCn2c1n[nH]c2=O. The summed E-state index contributed by atoms with van der Waals surface area (Å²) in [5, 5.41) is 10.7. The van der Waals surface area contributed by atoms with Gasteiger partial charge in [0.2, 0.25) is 5.91 Å². The number of para-hydroxylation sites is 1. The summed E-state index contributed by atoms with van der Waals surface area (Å²) < 4.78 is 8.94. The van der Waals surface area contributed by atoms with Gasteiger partial charge in [-0.2, -0.15) is 10.2 Å². The molecule has 0 bridgehead atoms. The third-order valence-electron chi connectivity index (χ3n) is 4.57. The van der Waals surface area contributed by atoms with Gasteiger partial charge in [0.1, 0.15) is 6.10 Å². The second kappa shape index (κ2) is 7.20. The molecule has 1 unspecified atom stereocenters. The zero-order valence-electron chi connectivity index (χ0n) is 14.9. The van der Waals surface area contributed by atoms with Crippen LogP contribution in [0.2, 0.25) is 0 Å². The highest BCUT2D eigenvalue weighted by atomic mass is 16.5. The number of rotatable bonds is 5. The molecule has 9 heteroatoms. The maximum absolute atomic E-state index is 12.6. The molecule has 0 saturated heterocycles. The molecule has 1 aliphatic rings. The van der Waals surface area contributed by atoms with Gasteiger partial charge in [0.05, 0.1) is 31.5 Å². The van der Waals surface area contributed by atoms with Gasteiger partial charge < -0.3 is 9.64 Å². The van der Waals surface area contributed by atoms with Crippen LogP contribution < -0.4 is 5.69 Å². The quantitative estimate of drug-likeness (QED) is 0.721. The van der Waals surface area contributed by atoms with Crippen LogP contribution in [0.15, 0.2) is 47.5 Å². The second-order valence-corrected chi connectivity index (χ2v) is 6.48. The lowest BCUT2D eigenvalue weighted by atomic mass is 10.2. The molecule has 0 fully saturated rings. The van der Waals surface area contributed by atoms with E-state index in [9.17, 15) is 9.59 Å². The van der Waals surface area contributed by atoms with Crippen molar-refractivity contribution < 1.29 is 9.53 Å². The molecule has 0 radical (unpaired) electrons. The van der Waals surface area contributed by atoms with Crippen molar-refractivity contribution in [1.82, 2.24) is 29.4 Å². The van der Waals surface area contributed by atoms with Crippen LogP contribution in [0.5, 0.6) is 0 Å². The van der Waals surface area contributed by atoms with Gasteiger partial charge in [-0.1, -0.05) is 18.2 Å². The second-order valence-electron chi connectivity index (χ2n) is 6.48. The molecule has 1 aliphatic heterocycles. The van der Waals surface area contributed by atoms with Crippen molar-refractivity contribution in [2.75, 3.05) is 13.7 Å². The predicted octanol–water partition coefficient (Wildman–Crippen LogP) is 0.877. The molecule has 140 valence electrons. The van der Waals surface area contributed by atoms with Crippen molar-refractivity contribution in [1.29, 1.82) is 0 Å². The van der Waals surface area contributed by atoms with Crippen LogP contribution in [0.1, 0.15) is 23.9 Å². The van der Waals surface area contributed by atoms with Crippen molar-refractivity contribution in [3.63, 3.8) is 0 Å². The largest absolute Gasteiger partial charge is 0.368 e. The van der Waals surface area contributed by atoms with Gasteiger partial charge in [0, 0.05) is 25.4 Å². The molecule has 3 heterocycles. The van der Waals surface area contributed by atoms with Gasteiger partial charge in [-0.3, -0.25) is 9.36 Å². The van der Waals surface area contributed by atoms with E-state index in [1.165, 1.54) is 4.57 Å². The Labute approximate surface area is 155 Å². The summed E-state index contributed by atoms with van der Waals surface area (Å²) in [5.41, 5.74) is 1.62. The molecule has 27 heavy (non-hydrogen) atoms. The van der Waals surface area contributed by atoms with Gasteiger partial charge in [0.15, 0.2) is 5.82 Å². The molecule has 1 N–H and O–H groups in total. The number of fused-ring (bicyclic) bond motifs is 1. The first-order chi connectivity index (χ1) is 13.1. The smallest absolute Gasteiger partial charge is 0.343 e. The molecule has 3 aromatic rings. The van der Waals surface area contributed by atoms with Crippen LogP contribution in [0.25, 0.3) is 5.69 Å². The average molecular weight is 368 g/mol. The third-order valence-corrected chi connectivity index (χ3v) is 4.57. The number of carbonyl (C=O) groups excluding carboxylic acids is 1. The lowest BCUT2D eigenvalue weighted by molar-refractivity contribution is -0.134. The Bertz CT molecular complexity index is 990. The van der Waals surface area contributed by atoms with E-state index in [1.54, 1.807) is 22.8 Å². The van der Waals surface area contributed by atoms with Gasteiger partial charge in [0.25, 0.3) is 0 Å². The van der Waals surface area contributed by atoms with E-state index in [4.69, 9.17) is 4.74 Å². The van der Waals surface area contributed by atoms with Crippen molar-refractivity contribution in [3.05, 3.63) is 64.6 Å². The van der Waals surface area contributed by atoms with Crippen LogP contribution in [0.4, 0.5) is 0 Å². The predicted molar refractivity (Wildman–Crippen MR) is 96.2 cm³/mol. The van der Waals surface area contributed by atoms with Crippen molar-refractivity contribution in [2.24, 2.45) is 0 Å². The number of hydrogen-bond donors (Lipinski definition) is 1. The first-order valence-electron chi connectivity index (χ1n) is 8.71. The van der Waals surface area contributed by atoms with E-state index in [-0.39, 0.29) is 18.0 Å². The van der Waals surface area contributed by atoms with Crippen molar-refractivity contribution in [3.8, 4) is 5.69 Å². The van der Waals surface area contributed by atoms with Crippen LogP contribution in [-0.4, -0.2) is 49.0 Å². The van der Waals surface area contributed by atoms with E-state index in [0.29, 0.717) is 25.5 Å². The fourth-order valence-electron chi connectivity index (χ4n) is 3.14. The minimum absolute atomic E-state index is 0.0867. The Balaban J connectivity index is 1.40. The van der Waals surface area contributed by atoms with Crippen LogP contribution in [-0.2, 0) is 22.6 Å². The van der Waals surface area contributed by atoms with Crippen LogP contribution in [0.3, 0.4) is 0 Å². The average Bonchev–Trinajstić information content (AvgIpc) is 3.30. The number of aromatic amines is 1. The molecule has 9 nitrogen and oxygen atoms in total. The topological polar surface area (TPSA) is 98.0 Å². The zero-order valence-corrected chi connectivity index (χ0v) is 14.9. The Hall–Kier alpha value is -3.20. The number of H-pyrrole nitrogens is 1. The fourth-order valence-corrected chi connectivity index (χ4v) is 3.14. The highest BCUT2D eigenvalue weighted by molar-refractivity contribution is 5.76. The standard InChI is InChI=1S/C18H20N6O3/c1-22(11-13-10-19-24(12-13)14-5-3-2-4-6-14)16(25)9-15-17-20-21-18(26)23(17)7-8-27-15/h2-6,10,12,15H,7-9,11H2,1H3,(H,21,26). The van der Waals surface area contributed by atoms with E-state index in [1.807, 2.05) is 36.5 Å². The Morgan fingerprint density at radius 3 is 3.00 bits per heavy atom. The van der Waals surface area contributed by atoms with Crippen molar-refractivity contribution in [2.45, 2.75) is 25.6 Å². The highest BCUT2D eigenvalue weighted by Crippen LogP contribution is 2.23. The third kappa shape index (κ3) is 3.54. The van der Waals surface area contributed by atoms with E-state index < -0.39 is 6.10 Å². The molecule has 1 amide bonds. The molecule has 0 aliphatic carbocycles. The summed E-state index contributed by atoms with van der Waals surface area (Å²) >= 11 is 0. The number of nitrogens with one attached hydrogen (secondary N) is 1. The molecule has 0 saturated carbocycles. The van der Waals surface area contributed by atoms with Crippen LogP contribution >= 0.6 is 0 Å². The minimum atomic E-state index is -0.514. The minimum Gasteiger partial charge on any atom is -0.368 e. The molecule has 0 spiro atoms. The monoisotopic (exact) mass is 368 g/mol. The number of aromatic nitrogens is 5. The number of ether oxygens (including phenoxy) is 1. The summed E-state index contributed by atoms with van der Waals surface area (Å²) in [7, 11) is 1.74. The fraction of sp³-hybridized carbons (Fsp3) is 0.333. The first-order valence-corrected chi connectivity index (χ1v) is 8.71. The summed E-state index contributed by atoms with van der Waals surface area (Å²) in [5.74, 6) is 0.390. The van der Waals surface area contributed by atoms with Gasteiger partial charge in [-0.15, -0.1) is 0 Å². The Morgan fingerprint density at radius 1 is 1.37 bits per heavy atom. The van der Waals surface area contributed by atoms with E-state index in [0.717, 1.165) is 11.3 Å². The first kappa shape index (κ1) is 17.2. The number of benzene rings is 1. The zero-order chi connectivity index (χ0) is 18.8. The number of amides is 1. The summed E-state index contributed by atoms with van der Waals surface area (Å²) in [6.45, 7) is 1.27. The van der Waals surface area contributed by atoms with Crippen LogP contribution in [0, 0.1) is 0 Å². The lowest BCUT2D eigenvalue weighted by Gasteiger charge is -2.24. The molecule has 1 atom stereocenters. The number of carbonyl (C=O) groups is 1. The van der Waals surface area contributed by atoms with Gasteiger partial charge >= 0.3 is 5.69 Å². The van der Waals surface area contributed by atoms with Gasteiger partial charge in [-0.25, -0.2) is 14.6 Å². The number of nitrogens with zero attached hydrogens (tertiary/aromatic N) is 5. The summed E-state index contributed by atoms with van der Waals surface area (Å²) in [6, 6.07) is 9.79. The summed E-state index contributed by atoms with van der Waals surface area (Å²) in [4.78, 5) is 25.9. The van der Waals surface area contributed by atoms with E-state index in [2.05, 4.69) is 15.3 Å². The molecule has 4 rings (SSSR count). The van der Waals surface area contributed by atoms with Gasteiger partial charge in [-0.05, 0) is 12.1 Å². The molecule has 1 aromatic carbocycles. The van der Waals surface area contributed by atoms with E-state index >= 15 is 0 Å². The Morgan fingerprint density at radius 2 is 2.19 bits per heavy atom. The normalized spacial score (nSPS) is 16.1. The Kier molecular flexibility index (Phi) is 4.59. The maximum atomic E-state index is 12.6. The summed E-state index contributed by atoms with van der Waals surface area (Å²) in [6.07, 6.45) is 3.27. The molecular formula is C18H20N6O3. The molecular weight excluding hydrogens is 348 g/mol. The highest BCUT2D eigenvalue weighted by Gasteiger charge is 2.28. The van der Waals surface area contributed by atoms with Crippen molar-refractivity contribution >= 4 is 5.91 Å².